The van der Waals surface area contributed by atoms with E-state index in [1.165, 1.54) is 0 Å². The highest BCUT2D eigenvalue weighted by Gasteiger charge is 2.46. The summed E-state index contributed by atoms with van der Waals surface area (Å²) >= 11 is 0. The van der Waals surface area contributed by atoms with Crippen LogP contribution in [-0.2, 0) is 14.3 Å². The Morgan fingerprint density at radius 1 is 1.09 bits per heavy atom. The summed E-state index contributed by atoms with van der Waals surface area (Å²) in [7, 11) is 0. The van der Waals surface area contributed by atoms with E-state index < -0.39 is 24.1 Å². The van der Waals surface area contributed by atoms with E-state index in [0.717, 1.165) is 21.6 Å². The van der Waals surface area contributed by atoms with Crippen LogP contribution in [-0.4, -0.2) is 40.4 Å². The first-order valence-corrected chi connectivity index (χ1v) is 11.0. The topological polar surface area (TPSA) is 115 Å². The van der Waals surface area contributed by atoms with Gasteiger partial charge in [-0.3, -0.25) is 4.79 Å². The van der Waals surface area contributed by atoms with Gasteiger partial charge in [0.2, 0.25) is 5.91 Å². The Bertz CT molecular complexity index is 1070. The Kier molecular flexibility index (Phi) is 8.34. The van der Waals surface area contributed by atoms with Gasteiger partial charge in [-0.25, -0.2) is 19.5 Å². The summed E-state index contributed by atoms with van der Waals surface area (Å²) in [5, 5.41) is 2.87. The van der Waals surface area contributed by atoms with Crippen molar-refractivity contribution in [3.05, 3.63) is 95.7 Å². The standard InChI is InChI=1S/C20H20N2O4.C6H8N2/c1-2-26-19(24)16-13-17(23)22(16)20(25)21-18(14-9-5-3-6-10-14)15-11-7-4-8-12-15;1-5-2-3-8-6(7)4-5/h3-12,16,18H,2,13H2,1H3,(H,21,25);2-4H,1H3,(H2,7,8). The molecular formula is C26H28N4O4. The zero-order valence-electron chi connectivity index (χ0n) is 19.2. The lowest BCUT2D eigenvalue weighted by molar-refractivity contribution is -0.161. The van der Waals surface area contributed by atoms with E-state index in [1.54, 1.807) is 13.1 Å². The molecule has 3 N–H and O–H groups in total. The zero-order valence-corrected chi connectivity index (χ0v) is 19.2. The molecular weight excluding hydrogens is 432 g/mol. The molecule has 0 aliphatic carbocycles. The molecule has 1 aromatic heterocycles. The van der Waals surface area contributed by atoms with E-state index in [1.807, 2.05) is 79.7 Å². The van der Waals surface area contributed by atoms with Gasteiger partial charge in [0, 0.05) is 6.20 Å². The molecule has 1 atom stereocenters. The SMILES string of the molecule is CCOC(=O)C1CC(=O)N1C(=O)NC(c1ccccc1)c1ccccc1.Cc1ccnc(N)c1. The molecule has 1 unspecified atom stereocenters. The highest BCUT2D eigenvalue weighted by Crippen LogP contribution is 2.25. The lowest BCUT2D eigenvalue weighted by Crippen LogP contribution is -2.62. The number of likely N-dealkylation sites (tertiary alicyclic amines) is 1. The van der Waals surface area contributed by atoms with Crippen molar-refractivity contribution in [2.45, 2.75) is 32.4 Å². The van der Waals surface area contributed by atoms with Crippen LogP contribution in [0.15, 0.2) is 79.0 Å². The number of nitrogens with one attached hydrogen (secondary N) is 1. The quantitative estimate of drug-likeness (QED) is 0.444. The highest BCUT2D eigenvalue weighted by atomic mass is 16.5. The van der Waals surface area contributed by atoms with Crippen molar-refractivity contribution in [2.75, 3.05) is 12.3 Å². The lowest BCUT2D eigenvalue weighted by Gasteiger charge is -2.37. The number of carbonyl (C=O) groups is 3. The molecule has 0 spiro atoms. The molecule has 0 saturated carbocycles. The summed E-state index contributed by atoms with van der Waals surface area (Å²) in [5.41, 5.74) is 8.26. The maximum absolute atomic E-state index is 12.7. The molecule has 2 aromatic carbocycles. The molecule has 0 bridgehead atoms. The first kappa shape index (κ1) is 24.4. The maximum Gasteiger partial charge on any atom is 0.329 e. The Morgan fingerprint density at radius 3 is 2.12 bits per heavy atom. The number of aryl methyl sites for hydroxylation is 1. The van der Waals surface area contributed by atoms with Crippen LogP contribution in [0, 0.1) is 6.92 Å². The molecule has 34 heavy (non-hydrogen) atoms. The van der Waals surface area contributed by atoms with Crippen molar-refractivity contribution < 1.29 is 19.1 Å². The smallest absolute Gasteiger partial charge is 0.329 e. The summed E-state index contributed by atoms with van der Waals surface area (Å²) in [5.74, 6) is -0.358. The van der Waals surface area contributed by atoms with Gasteiger partial charge in [0.1, 0.15) is 11.9 Å². The largest absolute Gasteiger partial charge is 0.464 e. The number of amides is 3. The van der Waals surface area contributed by atoms with Gasteiger partial charge in [-0.15, -0.1) is 0 Å². The van der Waals surface area contributed by atoms with E-state index in [2.05, 4.69) is 10.3 Å². The second-order valence-electron chi connectivity index (χ2n) is 7.70. The normalized spacial score (nSPS) is 14.5. The zero-order chi connectivity index (χ0) is 24.5. The molecule has 1 saturated heterocycles. The van der Waals surface area contributed by atoms with Crippen LogP contribution in [0.5, 0.6) is 0 Å². The molecule has 2 heterocycles. The fourth-order valence-electron chi connectivity index (χ4n) is 3.50. The number of esters is 1. The summed E-state index contributed by atoms with van der Waals surface area (Å²) in [6, 6.07) is 20.8. The molecule has 1 aliphatic heterocycles. The fraction of sp³-hybridized carbons (Fsp3) is 0.231. The number of urea groups is 1. The number of nitrogens with two attached hydrogens (primary N) is 1. The number of benzene rings is 2. The third-order valence-electron chi connectivity index (χ3n) is 5.20. The van der Waals surface area contributed by atoms with Crippen molar-refractivity contribution in [1.82, 2.24) is 15.2 Å². The average Bonchev–Trinajstić information content (AvgIpc) is 2.82. The Hall–Kier alpha value is -4.20. The molecule has 3 aromatic rings. The summed E-state index contributed by atoms with van der Waals surface area (Å²) < 4.78 is 4.94. The third kappa shape index (κ3) is 6.19. The van der Waals surface area contributed by atoms with E-state index in [4.69, 9.17) is 10.5 Å². The second kappa shape index (κ2) is 11.6. The number of carbonyl (C=O) groups excluding carboxylic acids is 3. The summed E-state index contributed by atoms with van der Waals surface area (Å²) in [6.07, 6.45) is 1.69. The third-order valence-corrected chi connectivity index (χ3v) is 5.20. The molecule has 8 nitrogen and oxygen atoms in total. The summed E-state index contributed by atoms with van der Waals surface area (Å²) in [4.78, 5) is 41.3. The van der Waals surface area contributed by atoms with Crippen LogP contribution in [0.3, 0.4) is 0 Å². The van der Waals surface area contributed by atoms with Crippen LogP contribution in [0.4, 0.5) is 10.6 Å². The van der Waals surface area contributed by atoms with Crippen molar-refractivity contribution >= 4 is 23.7 Å². The predicted molar refractivity (Wildman–Crippen MR) is 129 cm³/mol. The van der Waals surface area contributed by atoms with Gasteiger partial charge in [0.15, 0.2) is 0 Å². The first-order chi connectivity index (χ1) is 16.4. The molecule has 4 rings (SSSR count). The summed E-state index contributed by atoms with van der Waals surface area (Å²) in [6.45, 7) is 3.87. The minimum atomic E-state index is -0.852. The predicted octanol–water partition coefficient (Wildman–Crippen LogP) is 3.62. The molecule has 0 radical (unpaired) electrons. The number of hydrogen-bond acceptors (Lipinski definition) is 6. The maximum atomic E-state index is 12.7. The van der Waals surface area contributed by atoms with Crippen LogP contribution < -0.4 is 11.1 Å². The number of nitrogens with zero attached hydrogens (tertiary/aromatic N) is 2. The Labute approximate surface area is 198 Å². The number of hydrogen-bond donors (Lipinski definition) is 2. The number of pyridine rings is 1. The van der Waals surface area contributed by atoms with Gasteiger partial charge >= 0.3 is 12.0 Å². The number of nitrogen functional groups attached to an aromatic ring is 1. The van der Waals surface area contributed by atoms with Crippen LogP contribution in [0.1, 0.15) is 36.1 Å². The first-order valence-electron chi connectivity index (χ1n) is 11.0. The average molecular weight is 461 g/mol. The second-order valence-corrected chi connectivity index (χ2v) is 7.70. The van der Waals surface area contributed by atoms with E-state index in [-0.39, 0.29) is 18.9 Å². The van der Waals surface area contributed by atoms with Crippen molar-refractivity contribution in [1.29, 1.82) is 0 Å². The van der Waals surface area contributed by atoms with Gasteiger partial charge in [-0.1, -0.05) is 60.7 Å². The number of β-lactam (4-membered cyclic amide) rings is 1. The monoisotopic (exact) mass is 460 g/mol. The van der Waals surface area contributed by atoms with E-state index >= 15 is 0 Å². The Balaban J connectivity index is 0.000000343. The van der Waals surface area contributed by atoms with E-state index in [9.17, 15) is 14.4 Å². The van der Waals surface area contributed by atoms with Crippen LogP contribution >= 0.6 is 0 Å². The molecule has 3 amide bonds. The van der Waals surface area contributed by atoms with Crippen LogP contribution in [0.25, 0.3) is 0 Å². The molecule has 1 fully saturated rings. The minimum absolute atomic E-state index is 0.00636. The van der Waals surface area contributed by atoms with E-state index in [0.29, 0.717) is 5.82 Å². The molecule has 1 aliphatic rings. The highest BCUT2D eigenvalue weighted by molar-refractivity contribution is 6.06. The van der Waals surface area contributed by atoms with Gasteiger partial charge in [0.05, 0.1) is 19.1 Å². The number of imide groups is 1. The molecule has 176 valence electrons. The van der Waals surface area contributed by atoms with Crippen molar-refractivity contribution in [3.63, 3.8) is 0 Å². The number of ether oxygens (including phenoxy) is 1. The molecule has 8 heteroatoms. The van der Waals surface area contributed by atoms with Crippen molar-refractivity contribution in [3.8, 4) is 0 Å². The van der Waals surface area contributed by atoms with Crippen molar-refractivity contribution in [2.24, 2.45) is 0 Å². The van der Waals surface area contributed by atoms with Gasteiger partial charge < -0.3 is 15.8 Å². The van der Waals surface area contributed by atoms with Crippen LogP contribution in [0.2, 0.25) is 0 Å². The number of anilines is 1. The van der Waals surface area contributed by atoms with Gasteiger partial charge in [0.25, 0.3) is 0 Å². The van der Waals surface area contributed by atoms with Gasteiger partial charge in [-0.2, -0.15) is 0 Å². The Morgan fingerprint density at radius 2 is 1.68 bits per heavy atom. The minimum Gasteiger partial charge on any atom is -0.464 e. The fourth-order valence-corrected chi connectivity index (χ4v) is 3.50. The lowest BCUT2D eigenvalue weighted by atomic mass is 9.98. The van der Waals surface area contributed by atoms with Gasteiger partial charge in [-0.05, 0) is 42.7 Å². The number of aromatic nitrogens is 1. The number of rotatable bonds is 5.